The molecule has 0 aliphatic carbocycles. The van der Waals surface area contributed by atoms with E-state index < -0.39 is 44.5 Å². The highest BCUT2D eigenvalue weighted by molar-refractivity contribution is 7.89. The van der Waals surface area contributed by atoms with Crippen molar-refractivity contribution in [2.45, 2.75) is 24.3 Å². The summed E-state index contributed by atoms with van der Waals surface area (Å²) in [5, 5.41) is 2.81. The van der Waals surface area contributed by atoms with Gasteiger partial charge in [0.05, 0.1) is 22.0 Å². The van der Waals surface area contributed by atoms with Crippen molar-refractivity contribution in [1.82, 2.24) is 4.72 Å². The molecule has 1 amide bonds. The molecule has 0 aromatic heterocycles. The second-order valence-corrected chi connectivity index (χ2v) is 8.00. The maximum absolute atomic E-state index is 13.2. The van der Waals surface area contributed by atoms with Gasteiger partial charge in [-0.1, -0.05) is 23.7 Å². The van der Waals surface area contributed by atoms with Gasteiger partial charge in [-0.25, -0.2) is 21.9 Å². The number of rotatable bonds is 8. The first-order chi connectivity index (χ1) is 13.6. The number of halogens is 3. The highest BCUT2D eigenvalue weighted by atomic mass is 35.5. The number of ether oxygens (including phenoxy) is 1. The lowest BCUT2D eigenvalue weighted by molar-refractivity contribution is -0.152. The van der Waals surface area contributed by atoms with Crippen molar-refractivity contribution < 1.29 is 31.5 Å². The van der Waals surface area contributed by atoms with Crippen LogP contribution in [0.4, 0.5) is 14.5 Å². The number of esters is 1. The standard InChI is InChI=1S/C18H17ClF2N2O5S/c1-11(18(25)23-16-5-3-2-4-13(16)19)28-17(24)8-9-22-29(26,27)12-6-7-14(20)15(21)10-12/h2-7,10-11,22H,8-9H2,1H3,(H,23,25). The molecule has 2 N–H and O–H groups in total. The van der Waals surface area contributed by atoms with Crippen LogP contribution >= 0.6 is 11.6 Å². The van der Waals surface area contributed by atoms with Crippen LogP contribution in [0.2, 0.25) is 5.02 Å². The second kappa shape index (κ2) is 9.77. The number of para-hydroxylation sites is 1. The van der Waals surface area contributed by atoms with Gasteiger partial charge >= 0.3 is 5.97 Å². The molecule has 0 bridgehead atoms. The Labute approximate surface area is 171 Å². The van der Waals surface area contributed by atoms with Crippen LogP contribution < -0.4 is 10.0 Å². The summed E-state index contributed by atoms with van der Waals surface area (Å²) in [6, 6.07) is 8.59. The van der Waals surface area contributed by atoms with Crippen molar-refractivity contribution in [3.63, 3.8) is 0 Å². The van der Waals surface area contributed by atoms with E-state index in [1.165, 1.54) is 6.92 Å². The van der Waals surface area contributed by atoms with E-state index >= 15 is 0 Å². The van der Waals surface area contributed by atoms with Gasteiger partial charge in [-0.2, -0.15) is 0 Å². The van der Waals surface area contributed by atoms with Crippen LogP contribution in [0.25, 0.3) is 0 Å². The van der Waals surface area contributed by atoms with Crippen LogP contribution in [0.5, 0.6) is 0 Å². The average Bonchev–Trinajstić information content (AvgIpc) is 2.65. The molecule has 2 rings (SSSR count). The quantitative estimate of drug-likeness (QED) is 0.607. The molecule has 0 aliphatic heterocycles. The maximum Gasteiger partial charge on any atom is 0.307 e. The van der Waals surface area contributed by atoms with Crippen LogP contribution in [0.1, 0.15) is 13.3 Å². The van der Waals surface area contributed by atoms with Gasteiger partial charge in [0.25, 0.3) is 5.91 Å². The Kier molecular flexibility index (Phi) is 7.66. The molecule has 0 fully saturated rings. The summed E-state index contributed by atoms with van der Waals surface area (Å²) in [7, 11) is -4.14. The molecule has 29 heavy (non-hydrogen) atoms. The van der Waals surface area contributed by atoms with Gasteiger partial charge in [-0.15, -0.1) is 0 Å². The molecule has 2 aromatic rings. The smallest absolute Gasteiger partial charge is 0.307 e. The van der Waals surface area contributed by atoms with Crippen LogP contribution in [0, 0.1) is 11.6 Å². The highest BCUT2D eigenvalue weighted by Gasteiger charge is 2.20. The molecule has 1 atom stereocenters. The van der Waals surface area contributed by atoms with E-state index in [1.807, 2.05) is 0 Å². The largest absolute Gasteiger partial charge is 0.452 e. The van der Waals surface area contributed by atoms with Gasteiger partial charge < -0.3 is 10.1 Å². The van der Waals surface area contributed by atoms with Crippen molar-refractivity contribution in [3.8, 4) is 0 Å². The number of hydrogen-bond donors (Lipinski definition) is 2. The number of anilines is 1. The van der Waals surface area contributed by atoms with Crippen LogP contribution in [0.15, 0.2) is 47.4 Å². The zero-order valence-corrected chi connectivity index (χ0v) is 16.7. The lowest BCUT2D eigenvalue weighted by Gasteiger charge is -2.14. The first-order valence-corrected chi connectivity index (χ1v) is 10.2. The Morgan fingerprint density at radius 3 is 2.48 bits per heavy atom. The number of nitrogens with one attached hydrogen (secondary N) is 2. The highest BCUT2D eigenvalue weighted by Crippen LogP contribution is 2.20. The van der Waals surface area contributed by atoms with E-state index in [-0.39, 0.29) is 13.0 Å². The Hall–Kier alpha value is -2.56. The Bertz CT molecular complexity index is 1020. The van der Waals surface area contributed by atoms with Gasteiger partial charge in [0.1, 0.15) is 0 Å². The normalized spacial score (nSPS) is 12.3. The summed E-state index contributed by atoms with van der Waals surface area (Å²) < 4.78 is 57.1. The Morgan fingerprint density at radius 2 is 1.83 bits per heavy atom. The minimum atomic E-state index is -4.14. The molecule has 0 spiro atoms. The molecular weight excluding hydrogens is 430 g/mol. The zero-order chi connectivity index (χ0) is 21.6. The van der Waals surface area contributed by atoms with E-state index in [0.717, 1.165) is 6.07 Å². The molecule has 0 radical (unpaired) electrons. The summed E-state index contributed by atoms with van der Waals surface area (Å²) in [4.78, 5) is 23.4. The summed E-state index contributed by atoms with van der Waals surface area (Å²) in [6.45, 7) is 0.981. The fourth-order valence-corrected chi connectivity index (χ4v) is 3.35. The van der Waals surface area contributed by atoms with Crippen LogP contribution in [0.3, 0.4) is 0 Å². The van der Waals surface area contributed by atoms with Gasteiger partial charge in [-0.05, 0) is 37.3 Å². The summed E-state index contributed by atoms with van der Waals surface area (Å²) in [5.74, 6) is -3.95. The number of hydrogen-bond acceptors (Lipinski definition) is 5. The van der Waals surface area contributed by atoms with Gasteiger partial charge in [-0.3, -0.25) is 9.59 Å². The summed E-state index contributed by atoms with van der Waals surface area (Å²) >= 11 is 5.93. The van der Waals surface area contributed by atoms with Gasteiger partial charge in [0, 0.05) is 6.54 Å². The monoisotopic (exact) mass is 446 g/mol. The lowest BCUT2D eigenvalue weighted by Crippen LogP contribution is -2.32. The molecule has 0 saturated heterocycles. The van der Waals surface area contributed by atoms with Crippen molar-refractivity contribution in [1.29, 1.82) is 0 Å². The molecule has 0 heterocycles. The fraction of sp³-hybridized carbons (Fsp3) is 0.222. The number of benzene rings is 2. The van der Waals surface area contributed by atoms with Crippen molar-refractivity contribution in [2.75, 3.05) is 11.9 Å². The predicted molar refractivity (Wildman–Crippen MR) is 102 cm³/mol. The Balaban J connectivity index is 1.83. The van der Waals surface area contributed by atoms with E-state index in [4.69, 9.17) is 16.3 Å². The third-order valence-electron chi connectivity index (χ3n) is 3.63. The van der Waals surface area contributed by atoms with Crippen LogP contribution in [-0.4, -0.2) is 32.9 Å². The van der Waals surface area contributed by atoms with Crippen LogP contribution in [-0.2, 0) is 24.3 Å². The van der Waals surface area contributed by atoms with E-state index in [9.17, 15) is 26.8 Å². The van der Waals surface area contributed by atoms with Crippen molar-refractivity contribution in [3.05, 3.63) is 59.1 Å². The van der Waals surface area contributed by atoms with Crippen molar-refractivity contribution >= 4 is 39.2 Å². The van der Waals surface area contributed by atoms with Gasteiger partial charge in [0.2, 0.25) is 10.0 Å². The second-order valence-electron chi connectivity index (χ2n) is 5.82. The molecule has 0 aliphatic rings. The number of sulfonamides is 1. The lowest BCUT2D eigenvalue weighted by atomic mass is 10.3. The maximum atomic E-state index is 13.2. The molecule has 7 nitrogen and oxygen atoms in total. The number of carbonyl (C=O) groups excluding carboxylic acids is 2. The summed E-state index contributed by atoms with van der Waals surface area (Å²) in [6.07, 6.45) is -1.53. The first-order valence-electron chi connectivity index (χ1n) is 8.30. The fourth-order valence-electron chi connectivity index (χ4n) is 2.12. The third-order valence-corrected chi connectivity index (χ3v) is 5.42. The molecule has 156 valence electrons. The van der Waals surface area contributed by atoms with Crippen molar-refractivity contribution in [2.24, 2.45) is 0 Å². The topological polar surface area (TPSA) is 102 Å². The SMILES string of the molecule is CC(OC(=O)CCNS(=O)(=O)c1ccc(F)c(F)c1)C(=O)Nc1ccccc1Cl. The Morgan fingerprint density at radius 1 is 1.14 bits per heavy atom. The molecule has 1 unspecified atom stereocenters. The minimum Gasteiger partial charge on any atom is -0.452 e. The average molecular weight is 447 g/mol. The molecule has 2 aromatic carbocycles. The zero-order valence-electron chi connectivity index (χ0n) is 15.1. The minimum absolute atomic E-state index is 0.311. The van der Waals surface area contributed by atoms with E-state index in [1.54, 1.807) is 24.3 Å². The molecular formula is C18H17ClF2N2O5S. The van der Waals surface area contributed by atoms with E-state index in [0.29, 0.717) is 22.8 Å². The van der Waals surface area contributed by atoms with Gasteiger partial charge in [0.15, 0.2) is 17.7 Å². The number of amides is 1. The third kappa shape index (κ3) is 6.48. The van der Waals surface area contributed by atoms with E-state index in [2.05, 4.69) is 10.0 Å². The molecule has 0 saturated carbocycles. The predicted octanol–water partition coefficient (Wildman–Crippen LogP) is 2.86. The molecule has 11 heteroatoms. The summed E-state index contributed by atoms with van der Waals surface area (Å²) in [5.41, 5.74) is 0.348. The number of carbonyl (C=O) groups is 2. The first kappa shape index (κ1) is 22.7.